The van der Waals surface area contributed by atoms with Crippen molar-refractivity contribution >= 4 is 5.97 Å². The third-order valence-corrected chi connectivity index (χ3v) is 3.50. The fourth-order valence-electron chi connectivity index (χ4n) is 2.47. The predicted octanol–water partition coefficient (Wildman–Crippen LogP) is -1.16. The molecule has 0 aromatic carbocycles. The van der Waals surface area contributed by atoms with Crippen LogP contribution in [-0.4, -0.2) is 40.5 Å². The van der Waals surface area contributed by atoms with E-state index in [9.17, 15) is 13.6 Å². The van der Waals surface area contributed by atoms with Crippen molar-refractivity contribution in [2.24, 2.45) is 0 Å². The molecule has 1 aliphatic heterocycles. The zero-order chi connectivity index (χ0) is 11.1. The van der Waals surface area contributed by atoms with E-state index >= 15 is 0 Å². The van der Waals surface area contributed by atoms with E-state index < -0.39 is 17.9 Å². The molecule has 0 amide bonds. The van der Waals surface area contributed by atoms with Gasteiger partial charge < -0.3 is 6.53 Å². The van der Waals surface area contributed by atoms with E-state index in [0.29, 0.717) is 19.3 Å². The summed E-state index contributed by atoms with van der Waals surface area (Å²) in [5, 5.41) is 8.85. The Bertz CT molecular complexity index is 271. The van der Waals surface area contributed by atoms with Crippen LogP contribution in [0.5, 0.6) is 0 Å². The molecule has 1 unspecified atom stereocenters. The molecule has 6 heteroatoms. The zero-order valence-electron chi connectivity index (χ0n) is 10.5. The molecule has 2 rings (SSSR count). The van der Waals surface area contributed by atoms with Crippen molar-refractivity contribution in [1.29, 1.82) is 0 Å². The van der Waals surface area contributed by atoms with Crippen molar-refractivity contribution in [3.05, 3.63) is 0 Å². The molecule has 1 saturated carbocycles. The molecule has 1 aliphatic carbocycles. The molecule has 2 aliphatic rings. The first-order valence-electron chi connectivity index (χ1n) is 5.36. The number of likely N-dealkylation sites (tertiary alicyclic amines) is 1. The summed E-state index contributed by atoms with van der Waals surface area (Å²) >= 11 is 0. The number of alkyl halides is 2. The van der Waals surface area contributed by atoms with Crippen molar-refractivity contribution in [2.45, 2.75) is 50.1 Å². The maximum Gasteiger partial charge on any atom is 1.00 e. The monoisotopic (exact) mass is 227 g/mol. The molecule has 2 fully saturated rings. The minimum atomic E-state index is -2.53. The van der Waals surface area contributed by atoms with E-state index in [4.69, 9.17) is 5.11 Å². The van der Waals surface area contributed by atoms with Crippen molar-refractivity contribution in [2.75, 3.05) is 6.54 Å². The SMILES string of the molecule is O=C(O)C1CCN1C1CCC(F)(F)CC1.[H-].[Li+]. The zero-order valence-corrected chi connectivity index (χ0v) is 9.46. The topological polar surface area (TPSA) is 40.5 Å². The van der Waals surface area contributed by atoms with Gasteiger partial charge in [0.2, 0.25) is 5.92 Å². The van der Waals surface area contributed by atoms with Crippen LogP contribution in [0.25, 0.3) is 0 Å². The average Bonchev–Trinajstić information content (AvgIpc) is 2.05. The van der Waals surface area contributed by atoms with Crippen LogP contribution in [0.4, 0.5) is 8.78 Å². The Morgan fingerprint density at radius 2 is 1.88 bits per heavy atom. The Morgan fingerprint density at radius 1 is 1.31 bits per heavy atom. The summed E-state index contributed by atoms with van der Waals surface area (Å²) in [5.74, 6) is -3.35. The fourth-order valence-corrected chi connectivity index (χ4v) is 2.47. The van der Waals surface area contributed by atoms with Crippen LogP contribution in [-0.2, 0) is 4.79 Å². The normalized spacial score (nSPS) is 30.2. The molecular formula is C10H16F2LiNO2. The number of halogens is 2. The smallest absolute Gasteiger partial charge is 1.00 e. The molecule has 0 radical (unpaired) electrons. The Labute approximate surface area is 107 Å². The second kappa shape index (κ2) is 5.03. The van der Waals surface area contributed by atoms with E-state index in [1.165, 1.54) is 0 Å². The summed E-state index contributed by atoms with van der Waals surface area (Å²) in [7, 11) is 0. The third kappa shape index (κ3) is 2.76. The molecule has 0 spiro atoms. The molecular weight excluding hydrogens is 211 g/mol. The number of nitrogens with zero attached hydrogens (tertiary/aromatic N) is 1. The summed E-state index contributed by atoms with van der Waals surface area (Å²) < 4.78 is 25.8. The van der Waals surface area contributed by atoms with Crippen molar-refractivity contribution in [1.82, 2.24) is 4.90 Å². The third-order valence-electron chi connectivity index (χ3n) is 3.50. The number of carboxylic acids is 1. The first-order valence-corrected chi connectivity index (χ1v) is 5.36. The summed E-state index contributed by atoms with van der Waals surface area (Å²) in [4.78, 5) is 12.6. The minimum absolute atomic E-state index is 0. The van der Waals surface area contributed by atoms with Crippen LogP contribution in [0.2, 0.25) is 0 Å². The van der Waals surface area contributed by atoms with Crippen molar-refractivity contribution in [3.8, 4) is 0 Å². The van der Waals surface area contributed by atoms with E-state index in [1.54, 1.807) is 0 Å². The van der Waals surface area contributed by atoms with Crippen LogP contribution >= 0.6 is 0 Å². The van der Waals surface area contributed by atoms with Crippen LogP contribution in [0.3, 0.4) is 0 Å². The van der Waals surface area contributed by atoms with Gasteiger partial charge in [0, 0.05) is 25.4 Å². The van der Waals surface area contributed by atoms with Crippen LogP contribution in [0.1, 0.15) is 33.5 Å². The summed E-state index contributed by atoms with van der Waals surface area (Å²) in [6.07, 6.45) is 1.32. The minimum Gasteiger partial charge on any atom is -1.00 e. The molecule has 16 heavy (non-hydrogen) atoms. The summed E-state index contributed by atoms with van der Waals surface area (Å²) in [5.41, 5.74) is 0. The molecule has 0 bridgehead atoms. The Balaban J connectivity index is 0.00000128. The standard InChI is InChI=1S/C10H15F2NO2.Li.H/c11-10(12)4-1-7(2-5-10)13-6-3-8(13)9(14)15;;/h7-8H,1-6H2,(H,14,15);;/q;+1;-1. The van der Waals surface area contributed by atoms with Gasteiger partial charge in [0.1, 0.15) is 6.04 Å². The molecule has 1 atom stereocenters. The maximum absolute atomic E-state index is 12.9. The largest absolute Gasteiger partial charge is 1.00 e. The van der Waals surface area contributed by atoms with E-state index in [-0.39, 0.29) is 39.2 Å². The van der Waals surface area contributed by atoms with Crippen LogP contribution in [0, 0.1) is 0 Å². The van der Waals surface area contributed by atoms with Gasteiger partial charge >= 0.3 is 24.8 Å². The van der Waals surface area contributed by atoms with Gasteiger partial charge in [0.25, 0.3) is 0 Å². The quantitative estimate of drug-likeness (QED) is 0.605. The molecule has 0 aromatic heterocycles. The maximum atomic E-state index is 12.9. The Morgan fingerprint density at radius 3 is 2.25 bits per heavy atom. The molecule has 88 valence electrons. The van der Waals surface area contributed by atoms with E-state index in [0.717, 1.165) is 6.54 Å². The van der Waals surface area contributed by atoms with Gasteiger partial charge in [-0.25, -0.2) is 8.78 Å². The molecule has 1 heterocycles. The number of hydrogen-bond acceptors (Lipinski definition) is 2. The van der Waals surface area contributed by atoms with Gasteiger partial charge in [-0.15, -0.1) is 0 Å². The number of aliphatic carboxylic acids is 1. The van der Waals surface area contributed by atoms with Gasteiger partial charge in [-0.2, -0.15) is 0 Å². The molecule has 3 nitrogen and oxygen atoms in total. The number of carboxylic acid groups (broad SMARTS) is 1. The van der Waals surface area contributed by atoms with Gasteiger partial charge in [0.05, 0.1) is 0 Å². The van der Waals surface area contributed by atoms with Crippen LogP contribution in [0.15, 0.2) is 0 Å². The predicted molar refractivity (Wildman–Crippen MR) is 51.1 cm³/mol. The molecule has 1 saturated heterocycles. The van der Waals surface area contributed by atoms with Gasteiger partial charge in [-0.05, 0) is 19.3 Å². The summed E-state index contributed by atoms with van der Waals surface area (Å²) in [6.45, 7) is 0.743. The number of carbonyl (C=O) groups is 1. The number of rotatable bonds is 2. The van der Waals surface area contributed by atoms with Gasteiger partial charge in [0.15, 0.2) is 0 Å². The van der Waals surface area contributed by atoms with Crippen LogP contribution < -0.4 is 18.9 Å². The van der Waals surface area contributed by atoms with Gasteiger partial charge in [-0.3, -0.25) is 9.69 Å². The average molecular weight is 227 g/mol. The molecule has 1 N–H and O–H groups in total. The van der Waals surface area contributed by atoms with Crippen molar-refractivity contribution in [3.63, 3.8) is 0 Å². The first-order chi connectivity index (χ1) is 6.99. The number of hydrogen-bond donors (Lipinski definition) is 1. The van der Waals surface area contributed by atoms with Gasteiger partial charge in [-0.1, -0.05) is 0 Å². The fraction of sp³-hybridized carbons (Fsp3) is 0.900. The van der Waals surface area contributed by atoms with Crippen molar-refractivity contribution < 1.29 is 39.0 Å². The van der Waals surface area contributed by atoms with E-state index in [1.807, 2.05) is 4.90 Å². The van der Waals surface area contributed by atoms with E-state index in [2.05, 4.69) is 0 Å². The summed E-state index contributed by atoms with van der Waals surface area (Å²) in [6, 6.07) is -0.374. The Hall–Kier alpha value is -0.113. The second-order valence-electron chi connectivity index (χ2n) is 4.47. The second-order valence-corrected chi connectivity index (χ2v) is 4.47. The molecule has 0 aromatic rings. The first kappa shape index (κ1) is 14.0. The Kier molecular flexibility index (Phi) is 4.39.